The van der Waals surface area contributed by atoms with Gasteiger partial charge in [-0.1, -0.05) is 29.8 Å². The maximum atomic E-state index is 6.43. The van der Waals surface area contributed by atoms with Gasteiger partial charge in [-0.05, 0) is 54.3 Å². The predicted molar refractivity (Wildman–Crippen MR) is 92.0 cm³/mol. The van der Waals surface area contributed by atoms with Gasteiger partial charge in [-0.3, -0.25) is 0 Å². The SMILES string of the molecule is Clc1ccccc1-c1cc2c3c(c1)C1CNCCC1N3CC2. The van der Waals surface area contributed by atoms with Gasteiger partial charge in [0.25, 0.3) is 0 Å². The second-order valence-corrected chi connectivity index (χ2v) is 7.07. The van der Waals surface area contributed by atoms with Crippen molar-refractivity contribution in [2.75, 3.05) is 24.5 Å². The highest BCUT2D eigenvalue weighted by Gasteiger charge is 2.43. The van der Waals surface area contributed by atoms with Gasteiger partial charge < -0.3 is 10.2 Å². The maximum absolute atomic E-state index is 6.43. The Kier molecular flexibility index (Phi) is 2.80. The van der Waals surface area contributed by atoms with E-state index in [9.17, 15) is 0 Å². The van der Waals surface area contributed by atoms with Gasteiger partial charge in [0.2, 0.25) is 0 Å². The van der Waals surface area contributed by atoms with E-state index in [1.54, 1.807) is 5.56 Å². The Hall–Kier alpha value is -1.51. The van der Waals surface area contributed by atoms with Crippen molar-refractivity contribution in [2.24, 2.45) is 0 Å². The largest absolute Gasteiger partial charge is 0.367 e. The van der Waals surface area contributed by atoms with E-state index in [1.165, 1.54) is 36.2 Å². The Bertz CT molecular complexity index is 755. The highest BCUT2D eigenvalue weighted by Crippen LogP contribution is 2.50. The smallest absolute Gasteiger partial charge is 0.0484 e. The maximum Gasteiger partial charge on any atom is 0.0484 e. The van der Waals surface area contributed by atoms with Crippen LogP contribution < -0.4 is 10.2 Å². The Morgan fingerprint density at radius 1 is 1.18 bits per heavy atom. The van der Waals surface area contributed by atoms with Crippen molar-refractivity contribution < 1.29 is 0 Å². The van der Waals surface area contributed by atoms with E-state index in [0.29, 0.717) is 12.0 Å². The van der Waals surface area contributed by atoms with E-state index in [0.717, 1.165) is 23.7 Å². The first-order valence-electron chi connectivity index (χ1n) is 8.22. The predicted octanol–water partition coefficient (Wildman–Crippen LogP) is 3.83. The van der Waals surface area contributed by atoms with E-state index in [1.807, 2.05) is 12.1 Å². The molecule has 0 radical (unpaired) electrons. The third-order valence-electron chi connectivity index (χ3n) is 5.56. The first-order valence-corrected chi connectivity index (χ1v) is 8.60. The number of hydrogen-bond acceptors (Lipinski definition) is 2. The normalized spacial score (nSPS) is 25.2. The zero-order valence-electron chi connectivity index (χ0n) is 12.5. The Labute approximate surface area is 136 Å². The summed E-state index contributed by atoms with van der Waals surface area (Å²) in [7, 11) is 0. The average Bonchev–Trinajstić information content (AvgIpc) is 3.11. The molecule has 2 aromatic rings. The summed E-state index contributed by atoms with van der Waals surface area (Å²) in [6, 6.07) is 13.7. The van der Waals surface area contributed by atoms with Crippen LogP contribution in [0, 0.1) is 0 Å². The van der Waals surface area contributed by atoms with Crippen LogP contribution >= 0.6 is 11.6 Å². The highest BCUT2D eigenvalue weighted by atomic mass is 35.5. The minimum Gasteiger partial charge on any atom is -0.367 e. The fourth-order valence-electron chi connectivity index (χ4n) is 4.61. The summed E-state index contributed by atoms with van der Waals surface area (Å²) < 4.78 is 0. The molecular weight excluding hydrogens is 292 g/mol. The van der Waals surface area contributed by atoms with Gasteiger partial charge in [0.1, 0.15) is 0 Å². The van der Waals surface area contributed by atoms with E-state index in [4.69, 9.17) is 11.6 Å². The molecule has 22 heavy (non-hydrogen) atoms. The number of fused-ring (bicyclic) bond motifs is 3. The molecule has 112 valence electrons. The summed E-state index contributed by atoms with van der Waals surface area (Å²) in [5, 5.41) is 4.43. The third kappa shape index (κ3) is 1.71. The summed E-state index contributed by atoms with van der Waals surface area (Å²) in [6.45, 7) is 3.45. The molecule has 5 rings (SSSR count). The molecule has 1 saturated heterocycles. The monoisotopic (exact) mass is 310 g/mol. The molecule has 0 spiro atoms. The topological polar surface area (TPSA) is 15.3 Å². The van der Waals surface area contributed by atoms with Crippen LogP contribution in [0.1, 0.15) is 23.5 Å². The fourth-order valence-corrected chi connectivity index (χ4v) is 4.86. The second kappa shape index (κ2) is 4.74. The van der Waals surface area contributed by atoms with Crippen LogP contribution in [0.3, 0.4) is 0 Å². The number of piperidine rings is 1. The minimum atomic E-state index is 0.644. The van der Waals surface area contributed by atoms with E-state index in [-0.39, 0.29) is 0 Å². The minimum absolute atomic E-state index is 0.644. The van der Waals surface area contributed by atoms with Gasteiger partial charge in [-0.25, -0.2) is 0 Å². The summed E-state index contributed by atoms with van der Waals surface area (Å²) >= 11 is 6.43. The average molecular weight is 311 g/mol. The molecule has 2 unspecified atom stereocenters. The molecule has 0 aromatic heterocycles. The van der Waals surface area contributed by atoms with Crippen molar-refractivity contribution in [3.63, 3.8) is 0 Å². The third-order valence-corrected chi connectivity index (χ3v) is 5.89. The van der Waals surface area contributed by atoms with E-state index >= 15 is 0 Å². The lowest BCUT2D eigenvalue weighted by Crippen LogP contribution is -2.43. The lowest BCUT2D eigenvalue weighted by molar-refractivity contribution is 0.405. The number of hydrogen-bond donors (Lipinski definition) is 1. The zero-order valence-corrected chi connectivity index (χ0v) is 13.2. The lowest BCUT2D eigenvalue weighted by Gasteiger charge is -2.32. The van der Waals surface area contributed by atoms with Crippen molar-refractivity contribution in [3.8, 4) is 11.1 Å². The Morgan fingerprint density at radius 3 is 3.00 bits per heavy atom. The molecule has 0 saturated carbocycles. The molecule has 3 aliphatic rings. The Morgan fingerprint density at radius 2 is 2.09 bits per heavy atom. The number of nitrogens with zero attached hydrogens (tertiary/aromatic N) is 1. The molecule has 0 bridgehead atoms. The molecule has 2 nitrogen and oxygen atoms in total. The number of nitrogens with one attached hydrogen (secondary N) is 1. The van der Waals surface area contributed by atoms with E-state index < -0.39 is 0 Å². The number of benzene rings is 2. The number of halogens is 1. The highest BCUT2D eigenvalue weighted by molar-refractivity contribution is 6.33. The van der Waals surface area contributed by atoms with Crippen LogP contribution in [0.4, 0.5) is 5.69 Å². The molecule has 1 fully saturated rings. The standard InChI is InChI=1S/C19H19ClN2/c20-17-4-2-1-3-14(17)13-9-12-6-8-22-18-5-7-21-11-16(18)15(10-13)19(12)22/h1-4,9-10,16,18,21H,5-8,11H2. The zero-order chi connectivity index (χ0) is 14.7. The molecule has 3 heterocycles. The number of rotatable bonds is 1. The van der Waals surface area contributed by atoms with Crippen molar-refractivity contribution >= 4 is 17.3 Å². The summed E-state index contributed by atoms with van der Waals surface area (Å²) in [5.41, 5.74) is 7.04. The molecule has 2 atom stereocenters. The first-order chi connectivity index (χ1) is 10.8. The van der Waals surface area contributed by atoms with Gasteiger partial charge in [0.15, 0.2) is 0 Å². The van der Waals surface area contributed by atoms with Gasteiger partial charge >= 0.3 is 0 Å². The van der Waals surface area contributed by atoms with Crippen molar-refractivity contribution in [3.05, 3.63) is 52.5 Å². The van der Waals surface area contributed by atoms with Gasteiger partial charge in [-0.15, -0.1) is 0 Å². The molecule has 0 amide bonds. The van der Waals surface area contributed by atoms with Crippen molar-refractivity contribution in [1.29, 1.82) is 0 Å². The fraction of sp³-hybridized carbons (Fsp3) is 0.368. The van der Waals surface area contributed by atoms with Crippen LogP contribution in [-0.4, -0.2) is 25.7 Å². The van der Waals surface area contributed by atoms with Crippen LogP contribution in [0.25, 0.3) is 11.1 Å². The summed E-state index contributed by atoms with van der Waals surface area (Å²) in [5.74, 6) is 0.644. The summed E-state index contributed by atoms with van der Waals surface area (Å²) in [4.78, 5) is 2.67. The molecule has 3 heteroatoms. The number of anilines is 1. The Balaban J connectivity index is 1.69. The van der Waals surface area contributed by atoms with Crippen LogP contribution in [-0.2, 0) is 6.42 Å². The second-order valence-electron chi connectivity index (χ2n) is 6.66. The first kappa shape index (κ1) is 13.0. The van der Waals surface area contributed by atoms with Gasteiger partial charge in [0, 0.05) is 41.3 Å². The van der Waals surface area contributed by atoms with E-state index in [2.05, 4.69) is 34.5 Å². The van der Waals surface area contributed by atoms with Crippen LogP contribution in [0.2, 0.25) is 5.02 Å². The van der Waals surface area contributed by atoms with Crippen molar-refractivity contribution in [2.45, 2.75) is 24.8 Å². The molecule has 1 N–H and O–H groups in total. The molecule has 0 aliphatic carbocycles. The quantitative estimate of drug-likeness (QED) is 0.861. The lowest BCUT2D eigenvalue weighted by atomic mass is 9.87. The van der Waals surface area contributed by atoms with Gasteiger partial charge in [-0.2, -0.15) is 0 Å². The van der Waals surface area contributed by atoms with Gasteiger partial charge in [0.05, 0.1) is 0 Å². The van der Waals surface area contributed by atoms with Crippen LogP contribution in [0.5, 0.6) is 0 Å². The van der Waals surface area contributed by atoms with Crippen molar-refractivity contribution in [1.82, 2.24) is 5.32 Å². The molecule has 2 aromatic carbocycles. The molecular formula is C19H19ClN2. The molecule has 3 aliphatic heterocycles. The van der Waals surface area contributed by atoms with Crippen LogP contribution in [0.15, 0.2) is 36.4 Å². The summed E-state index contributed by atoms with van der Waals surface area (Å²) in [6.07, 6.45) is 2.44.